The van der Waals surface area contributed by atoms with Crippen molar-refractivity contribution in [3.8, 4) is 0 Å². The first-order valence-electron chi connectivity index (χ1n) is 5.55. The van der Waals surface area contributed by atoms with Crippen molar-refractivity contribution >= 4 is 17.4 Å². The molecule has 0 amide bonds. The van der Waals surface area contributed by atoms with Gasteiger partial charge in [-0.1, -0.05) is 24.8 Å². The van der Waals surface area contributed by atoms with Crippen LogP contribution in [0, 0.1) is 0 Å². The Balaban J connectivity index is 1.89. The topological polar surface area (TPSA) is 42.2 Å². The second kappa shape index (κ2) is 5.86. The summed E-state index contributed by atoms with van der Waals surface area (Å²) < 4.78 is 2.03. The van der Waals surface area contributed by atoms with E-state index in [0.717, 1.165) is 36.1 Å². The molecular weight excluding hydrogens is 220 g/mol. The van der Waals surface area contributed by atoms with Crippen LogP contribution in [0.15, 0.2) is 29.6 Å². The van der Waals surface area contributed by atoms with E-state index in [1.165, 1.54) is 0 Å². The Morgan fingerprint density at radius 2 is 2.31 bits per heavy atom. The van der Waals surface area contributed by atoms with Crippen molar-refractivity contribution in [1.82, 2.24) is 19.9 Å². The molecule has 0 radical (unpaired) electrons. The van der Waals surface area contributed by atoms with Crippen molar-refractivity contribution in [2.75, 3.05) is 18.8 Å². The molecule has 5 heteroatoms. The van der Waals surface area contributed by atoms with E-state index >= 15 is 0 Å². The van der Waals surface area contributed by atoms with Crippen molar-refractivity contribution in [1.29, 1.82) is 0 Å². The van der Waals surface area contributed by atoms with E-state index in [-0.39, 0.29) is 0 Å². The van der Waals surface area contributed by atoms with Gasteiger partial charge >= 0.3 is 0 Å². The third-order valence-electron chi connectivity index (χ3n) is 2.26. The summed E-state index contributed by atoms with van der Waals surface area (Å²) in [5, 5.41) is 12.6. The monoisotopic (exact) mass is 236 g/mol. The average Bonchev–Trinajstić information content (AvgIpc) is 2.73. The summed E-state index contributed by atoms with van der Waals surface area (Å²) in [6, 6.07) is 5.94. The minimum Gasteiger partial charge on any atom is -0.317 e. The smallest absolute Gasteiger partial charge is 0.195 e. The molecule has 0 aliphatic rings. The molecule has 0 atom stereocenters. The molecule has 4 nitrogen and oxygen atoms in total. The van der Waals surface area contributed by atoms with Gasteiger partial charge in [0.1, 0.15) is 0 Å². The van der Waals surface area contributed by atoms with Crippen LogP contribution in [0.25, 0.3) is 5.65 Å². The zero-order valence-corrected chi connectivity index (χ0v) is 10.2. The van der Waals surface area contributed by atoms with Crippen molar-refractivity contribution in [2.45, 2.75) is 18.5 Å². The summed E-state index contributed by atoms with van der Waals surface area (Å²) in [6.45, 7) is 4.23. The molecule has 86 valence electrons. The van der Waals surface area contributed by atoms with Crippen molar-refractivity contribution in [2.24, 2.45) is 0 Å². The standard InChI is InChI=1S/C11H16N4S/c1-2-12-7-5-9-16-11-14-13-10-6-3-4-8-15(10)11/h3-4,6,8,12H,2,5,7,9H2,1H3. The molecule has 0 aliphatic carbocycles. The number of pyridine rings is 1. The first-order chi connectivity index (χ1) is 7.92. The first kappa shape index (κ1) is 11.4. The Bertz CT molecular complexity index is 440. The summed E-state index contributed by atoms with van der Waals surface area (Å²) in [4.78, 5) is 0. The second-order valence-electron chi connectivity index (χ2n) is 3.47. The Morgan fingerprint density at radius 3 is 3.19 bits per heavy atom. The largest absolute Gasteiger partial charge is 0.317 e. The summed E-state index contributed by atoms with van der Waals surface area (Å²) >= 11 is 1.76. The third-order valence-corrected chi connectivity index (χ3v) is 3.29. The van der Waals surface area contributed by atoms with E-state index in [9.17, 15) is 0 Å². The number of nitrogens with zero attached hydrogens (tertiary/aromatic N) is 3. The van der Waals surface area contributed by atoms with Gasteiger partial charge in [0.05, 0.1) is 0 Å². The fourth-order valence-corrected chi connectivity index (χ4v) is 2.32. The van der Waals surface area contributed by atoms with Gasteiger partial charge < -0.3 is 5.32 Å². The van der Waals surface area contributed by atoms with E-state index in [1.807, 2.05) is 28.8 Å². The molecule has 2 rings (SSSR count). The van der Waals surface area contributed by atoms with Crippen LogP contribution in [-0.2, 0) is 0 Å². The maximum Gasteiger partial charge on any atom is 0.195 e. The number of nitrogens with one attached hydrogen (secondary N) is 1. The van der Waals surface area contributed by atoms with Gasteiger partial charge in [-0.15, -0.1) is 10.2 Å². The lowest BCUT2D eigenvalue weighted by molar-refractivity contribution is 0.706. The zero-order valence-electron chi connectivity index (χ0n) is 9.39. The molecule has 1 N–H and O–H groups in total. The Kier molecular flexibility index (Phi) is 4.18. The Morgan fingerprint density at radius 1 is 1.38 bits per heavy atom. The van der Waals surface area contributed by atoms with Gasteiger partial charge in [0.15, 0.2) is 10.8 Å². The average molecular weight is 236 g/mol. The number of aromatic nitrogens is 3. The number of hydrogen-bond acceptors (Lipinski definition) is 4. The van der Waals surface area contributed by atoms with Gasteiger partial charge in [0.2, 0.25) is 0 Å². The minimum atomic E-state index is 0.914. The fourth-order valence-electron chi connectivity index (χ4n) is 1.46. The highest BCUT2D eigenvalue weighted by Crippen LogP contribution is 2.16. The molecule has 2 heterocycles. The molecule has 0 saturated heterocycles. The fraction of sp³-hybridized carbons (Fsp3) is 0.455. The predicted octanol–water partition coefficient (Wildman–Crippen LogP) is 1.82. The molecule has 0 unspecified atom stereocenters. The normalized spacial score (nSPS) is 11.1. The highest BCUT2D eigenvalue weighted by Gasteiger charge is 2.03. The summed E-state index contributed by atoms with van der Waals surface area (Å²) in [6.07, 6.45) is 3.15. The molecule has 0 spiro atoms. The SMILES string of the molecule is CCNCCCSc1nnc2ccccn12. The maximum absolute atomic E-state index is 4.17. The molecule has 0 fully saturated rings. The lowest BCUT2D eigenvalue weighted by atomic mass is 10.5. The number of fused-ring (bicyclic) bond motifs is 1. The van der Waals surface area contributed by atoms with Crippen LogP contribution in [0.3, 0.4) is 0 Å². The quantitative estimate of drug-likeness (QED) is 0.613. The van der Waals surface area contributed by atoms with Gasteiger partial charge in [-0.25, -0.2) is 0 Å². The van der Waals surface area contributed by atoms with Crippen LogP contribution in [0.1, 0.15) is 13.3 Å². The molecule has 0 saturated carbocycles. The molecular formula is C11H16N4S. The molecule has 2 aromatic heterocycles. The van der Waals surface area contributed by atoms with Crippen LogP contribution >= 0.6 is 11.8 Å². The van der Waals surface area contributed by atoms with Gasteiger partial charge in [0, 0.05) is 11.9 Å². The molecule has 16 heavy (non-hydrogen) atoms. The zero-order chi connectivity index (χ0) is 11.2. The summed E-state index contributed by atoms with van der Waals surface area (Å²) in [5.41, 5.74) is 0.914. The minimum absolute atomic E-state index is 0.914. The van der Waals surface area contributed by atoms with Gasteiger partial charge in [-0.05, 0) is 31.6 Å². The lowest BCUT2D eigenvalue weighted by Gasteiger charge is -2.00. The van der Waals surface area contributed by atoms with Gasteiger partial charge in [-0.3, -0.25) is 4.40 Å². The first-order valence-corrected chi connectivity index (χ1v) is 6.53. The van der Waals surface area contributed by atoms with E-state index < -0.39 is 0 Å². The molecule has 0 aliphatic heterocycles. The van der Waals surface area contributed by atoms with Gasteiger partial charge in [0.25, 0.3) is 0 Å². The van der Waals surface area contributed by atoms with Crippen LogP contribution in [0.4, 0.5) is 0 Å². The lowest BCUT2D eigenvalue weighted by Crippen LogP contribution is -2.14. The predicted molar refractivity (Wildman–Crippen MR) is 66.9 cm³/mol. The third kappa shape index (κ3) is 2.74. The van der Waals surface area contributed by atoms with E-state index in [0.29, 0.717) is 0 Å². The molecule has 2 aromatic rings. The van der Waals surface area contributed by atoms with Crippen LogP contribution < -0.4 is 5.32 Å². The number of rotatable bonds is 6. The second-order valence-corrected chi connectivity index (χ2v) is 4.53. The number of hydrogen-bond donors (Lipinski definition) is 1. The molecule has 0 bridgehead atoms. The Labute approximate surface area is 99.5 Å². The summed E-state index contributed by atoms with van der Waals surface area (Å²) in [7, 11) is 0. The van der Waals surface area contributed by atoms with Crippen molar-refractivity contribution in [3.05, 3.63) is 24.4 Å². The van der Waals surface area contributed by atoms with Crippen molar-refractivity contribution < 1.29 is 0 Å². The highest BCUT2D eigenvalue weighted by molar-refractivity contribution is 7.99. The summed E-state index contributed by atoms with van der Waals surface area (Å²) in [5.74, 6) is 1.07. The van der Waals surface area contributed by atoms with E-state index in [4.69, 9.17) is 0 Å². The van der Waals surface area contributed by atoms with E-state index in [1.54, 1.807) is 11.8 Å². The van der Waals surface area contributed by atoms with Crippen LogP contribution in [-0.4, -0.2) is 33.4 Å². The Hall–Kier alpha value is -1.07. The van der Waals surface area contributed by atoms with E-state index in [2.05, 4.69) is 22.4 Å². The molecule has 0 aromatic carbocycles. The van der Waals surface area contributed by atoms with Crippen LogP contribution in [0.2, 0.25) is 0 Å². The van der Waals surface area contributed by atoms with Crippen molar-refractivity contribution in [3.63, 3.8) is 0 Å². The number of thioether (sulfide) groups is 1. The van der Waals surface area contributed by atoms with Crippen LogP contribution in [0.5, 0.6) is 0 Å². The van der Waals surface area contributed by atoms with Gasteiger partial charge in [-0.2, -0.15) is 0 Å². The maximum atomic E-state index is 4.17. The highest BCUT2D eigenvalue weighted by atomic mass is 32.2.